The number of nitrogens with zero attached hydrogens (tertiary/aromatic N) is 1. The topological polar surface area (TPSA) is 29.5 Å². The summed E-state index contributed by atoms with van der Waals surface area (Å²) in [6.45, 7) is 5.67. The smallest absolute Gasteiger partial charge is 0.164 e. The average Bonchev–Trinajstić information content (AvgIpc) is 2.40. The standard InChI is InChI=1S/C14H18FNO2/c1-11-10-12(2-3-13(11)15)14(17)4-5-16-6-8-18-9-7-16/h2-3,10H,4-9H2,1H3. The number of aryl methyl sites for hydroxylation is 1. The van der Waals surface area contributed by atoms with Crippen LogP contribution in [-0.2, 0) is 4.74 Å². The van der Waals surface area contributed by atoms with Crippen molar-refractivity contribution in [2.75, 3.05) is 32.8 Å². The van der Waals surface area contributed by atoms with E-state index in [1.807, 2.05) is 0 Å². The normalized spacial score (nSPS) is 16.8. The van der Waals surface area contributed by atoms with Gasteiger partial charge in [0, 0.05) is 31.6 Å². The number of hydrogen-bond acceptors (Lipinski definition) is 3. The lowest BCUT2D eigenvalue weighted by Gasteiger charge is -2.26. The molecule has 0 spiro atoms. The van der Waals surface area contributed by atoms with Gasteiger partial charge in [0.2, 0.25) is 0 Å². The second kappa shape index (κ2) is 6.07. The summed E-state index contributed by atoms with van der Waals surface area (Å²) in [5.74, 6) is -0.190. The summed E-state index contributed by atoms with van der Waals surface area (Å²) in [5, 5.41) is 0. The van der Waals surface area contributed by atoms with Crippen molar-refractivity contribution in [2.24, 2.45) is 0 Å². The maximum absolute atomic E-state index is 13.1. The third kappa shape index (κ3) is 3.37. The Hall–Kier alpha value is -1.26. The van der Waals surface area contributed by atoms with E-state index in [1.165, 1.54) is 6.07 Å². The Morgan fingerprint density at radius 2 is 2.11 bits per heavy atom. The maximum atomic E-state index is 13.1. The first-order valence-electron chi connectivity index (χ1n) is 6.26. The Morgan fingerprint density at radius 3 is 2.78 bits per heavy atom. The van der Waals surface area contributed by atoms with E-state index in [4.69, 9.17) is 4.74 Å². The molecule has 0 aliphatic carbocycles. The summed E-state index contributed by atoms with van der Waals surface area (Å²) < 4.78 is 18.4. The van der Waals surface area contributed by atoms with Gasteiger partial charge in [-0.2, -0.15) is 0 Å². The van der Waals surface area contributed by atoms with Gasteiger partial charge in [-0.1, -0.05) is 0 Å². The summed E-state index contributed by atoms with van der Waals surface area (Å²) in [5.41, 5.74) is 1.12. The van der Waals surface area contributed by atoms with Crippen LogP contribution < -0.4 is 0 Å². The summed E-state index contributed by atoms with van der Waals surface area (Å²) in [7, 11) is 0. The van der Waals surface area contributed by atoms with E-state index in [0.717, 1.165) is 32.8 Å². The summed E-state index contributed by atoms with van der Waals surface area (Å²) in [6, 6.07) is 4.54. The molecule has 1 fully saturated rings. The number of rotatable bonds is 4. The highest BCUT2D eigenvalue weighted by Crippen LogP contribution is 2.11. The van der Waals surface area contributed by atoms with E-state index in [9.17, 15) is 9.18 Å². The number of halogens is 1. The minimum atomic E-state index is -0.264. The first kappa shape index (κ1) is 13.2. The van der Waals surface area contributed by atoms with Gasteiger partial charge in [0.25, 0.3) is 0 Å². The molecule has 0 saturated carbocycles. The fraction of sp³-hybridized carbons (Fsp3) is 0.500. The van der Waals surface area contributed by atoms with Crippen molar-refractivity contribution in [1.82, 2.24) is 4.90 Å². The SMILES string of the molecule is Cc1cc(C(=O)CCN2CCOCC2)ccc1F. The zero-order valence-electron chi connectivity index (χ0n) is 10.6. The number of morpholine rings is 1. The summed E-state index contributed by atoms with van der Waals surface area (Å²) in [6.07, 6.45) is 0.477. The summed E-state index contributed by atoms with van der Waals surface area (Å²) >= 11 is 0. The monoisotopic (exact) mass is 251 g/mol. The molecule has 1 aromatic rings. The van der Waals surface area contributed by atoms with Crippen LogP contribution in [0.1, 0.15) is 22.3 Å². The molecule has 0 bridgehead atoms. The quantitative estimate of drug-likeness (QED) is 0.767. The van der Waals surface area contributed by atoms with Crippen molar-refractivity contribution in [1.29, 1.82) is 0 Å². The fourth-order valence-electron chi connectivity index (χ4n) is 2.05. The minimum Gasteiger partial charge on any atom is -0.379 e. The third-order valence-corrected chi connectivity index (χ3v) is 3.24. The first-order chi connectivity index (χ1) is 8.66. The molecule has 1 heterocycles. The number of Topliss-reactive ketones (excluding diaryl/α,β-unsaturated/α-hetero) is 1. The predicted octanol–water partition coefficient (Wildman–Crippen LogP) is 2.04. The molecule has 1 aromatic carbocycles. The Bertz CT molecular complexity index is 428. The number of carbonyl (C=O) groups is 1. The van der Waals surface area contributed by atoms with Gasteiger partial charge in [-0.15, -0.1) is 0 Å². The molecule has 18 heavy (non-hydrogen) atoms. The van der Waals surface area contributed by atoms with Crippen LogP contribution in [-0.4, -0.2) is 43.5 Å². The lowest BCUT2D eigenvalue weighted by Crippen LogP contribution is -2.37. The molecule has 1 saturated heterocycles. The Kier molecular flexibility index (Phi) is 4.44. The number of ketones is 1. The Balaban J connectivity index is 1.88. The zero-order chi connectivity index (χ0) is 13.0. The average molecular weight is 251 g/mol. The van der Waals surface area contributed by atoms with Gasteiger partial charge in [0.1, 0.15) is 5.82 Å². The van der Waals surface area contributed by atoms with Crippen LogP contribution in [0.2, 0.25) is 0 Å². The van der Waals surface area contributed by atoms with Crippen molar-refractivity contribution >= 4 is 5.78 Å². The molecule has 0 unspecified atom stereocenters. The second-order valence-corrected chi connectivity index (χ2v) is 4.59. The highest BCUT2D eigenvalue weighted by molar-refractivity contribution is 5.96. The van der Waals surface area contributed by atoms with Crippen LogP contribution in [0.4, 0.5) is 4.39 Å². The molecule has 0 atom stereocenters. The van der Waals surface area contributed by atoms with Crippen LogP contribution in [0, 0.1) is 12.7 Å². The van der Waals surface area contributed by atoms with Crippen molar-refractivity contribution < 1.29 is 13.9 Å². The van der Waals surface area contributed by atoms with Gasteiger partial charge in [0.15, 0.2) is 5.78 Å². The molecule has 0 amide bonds. The van der Waals surface area contributed by atoms with Crippen LogP contribution in [0.5, 0.6) is 0 Å². The number of ether oxygens (including phenoxy) is 1. The number of carbonyl (C=O) groups excluding carboxylic acids is 1. The second-order valence-electron chi connectivity index (χ2n) is 4.59. The van der Waals surface area contributed by atoms with Crippen LogP contribution >= 0.6 is 0 Å². The molecule has 3 nitrogen and oxygen atoms in total. The van der Waals surface area contributed by atoms with E-state index < -0.39 is 0 Å². The highest BCUT2D eigenvalue weighted by atomic mass is 19.1. The molecule has 0 radical (unpaired) electrons. The van der Waals surface area contributed by atoms with E-state index in [0.29, 0.717) is 17.5 Å². The number of benzene rings is 1. The van der Waals surface area contributed by atoms with Crippen molar-refractivity contribution in [3.05, 3.63) is 35.1 Å². The van der Waals surface area contributed by atoms with E-state index in [-0.39, 0.29) is 11.6 Å². The van der Waals surface area contributed by atoms with Crippen molar-refractivity contribution in [3.8, 4) is 0 Å². The van der Waals surface area contributed by atoms with E-state index in [1.54, 1.807) is 19.1 Å². The van der Waals surface area contributed by atoms with Gasteiger partial charge in [0.05, 0.1) is 13.2 Å². The fourth-order valence-corrected chi connectivity index (χ4v) is 2.05. The molecule has 1 aliphatic heterocycles. The molecule has 0 aromatic heterocycles. The molecular formula is C14H18FNO2. The molecule has 2 rings (SSSR count). The van der Waals surface area contributed by atoms with E-state index in [2.05, 4.69) is 4.90 Å². The van der Waals surface area contributed by atoms with Crippen molar-refractivity contribution in [2.45, 2.75) is 13.3 Å². The predicted molar refractivity (Wildman–Crippen MR) is 67.3 cm³/mol. The maximum Gasteiger partial charge on any atom is 0.164 e. The summed E-state index contributed by atoms with van der Waals surface area (Å²) in [4.78, 5) is 14.2. The molecule has 98 valence electrons. The van der Waals surface area contributed by atoms with Crippen LogP contribution in [0.25, 0.3) is 0 Å². The first-order valence-corrected chi connectivity index (χ1v) is 6.26. The zero-order valence-corrected chi connectivity index (χ0v) is 10.6. The van der Waals surface area contributed by atoms with E-state index >= 15 is 0 Å². The lowest BCUT2D eigenvalue weighted by atomic mass is 10.1. The Morgan fingerprint density at radius 1 is 1.39 bits per heavy atom. The third-order valence-electron chi connectivity index (χ3n) is 3.24. The highest BCUT2D eigenvalue weighted by Gasteiger charge is 2.13. The van der Waals surface area contributed by atoms with Gasteiger partial charge in [-0.05, 0) is 30.7 Å². The van der Waals surface area contributed by atoms with Crippen LogP contribution in [0.15, 0.2) is 18.2 Å². The van der Waals surface area contributed by atoms with Gasteiger partial charge in [-0.3, -0.25) is 9.69 Å². The lowest BCUT2D eigenvalue weighted by molar-refractivity contribution is 0.0370. The largest absolute Gasteiger partial charge is 0.379 e. The van der Waals surface area contributed by atoms with Crippen molar-refractivity contribution in [3.63, 3.8) is 0 Å². The molecular weight excluding hydrogens is 233 g/mol. The minimum absolute atomic E-state index is 0.0737. The molecule has 0 N–H and O–H groups in total. The van der Waals surface area contributed by atoms with Crippen LogP contribution in [0.3, 0.4) is 0 Å². The van der Waals surface area contributed by atoms with Gasteiger partial charge < -0.3 is 4.74 Å². The Labute approximate surface area is 107 Å². The van der Waals surface area contributed by atoms with Gasteiger partial charge in [-0.25, -0.2) is 4.39 Å². The van der Waals surface area contributed by atoms with Gasteiger partial charge >= 0.3 is 0 Å². The molecule has 4 heteroatoms. The number of hydrogen-bond donors (Lipinski definition) is 0. The molecule has 1 aliphatic rings.